The van der Waals surface area contributed by atoms with Gasteiger partial charge in [0, 0.05) is 16.5 Å². The smallest absolute Gasteiger partial charge is 0.178 e. The molecule has 1 rings (SSSR count). The summed E-state index contributed by atoms with van der Waals surface area (Å²) in [7, 11) is 0. The lowest BCUT2D eigenvalue weighted by Gasteiger charge is -2.07. The van der Waals surface area contributed by atoms with Crippen molar-refractivity contribution in [3.8, 4) is 0 Å². The molecule has 0 aliphatic carbocycles. The first-order valence-electron chi connectivity index (χ1n) is 3.38. The monoisotopic (exact) mass is 272 g/mol. The SMILES string of the molecule is Cc1c(F)c(CBr)c(F)c(F)c1Cl. The van der Waals surface area contributed by atoms with Crippen molar-refractivity contribution in [1.29, 1.82) is 0 Å². The molecule has 0 unspecified atom stereocenters. The van der Waals surface area contributed by atoms with Crippen molar-refractivity contribution in [1.82, 2.24) is 0 Å². The first-order valence-corrected chi connectivity index (χ1v) is 4.88. The van der Waals surface area contributed by atoms with Gasteiger partial charge in [-0.1, -0.05) is 27.5 Å². The van der Waals surface area contributed by atoms with Crippen LogP contribution >= 0.6 is 27.5 Å². The maximum atomic E-state index is 13.2. The van der Waals surface area contributed by atoms with E-state index in [0.717, 1.165) is 0 Å². The molecule has 0 aromatic heterocycles. The van der Waals surface area contributed by atoms with Gasteiger partial charge < -0.3 is 0 Å². The molecule has 0 saturated heterocycles. The molecule has 1 aromatic carbocycles. The Labute approximate surface area is 86.8 Å². The summed E-state index contributed by atoms with van der Waals surface area (Å²) in [5.74, 6) is -3.24. The van der Waals surface area contributed by atoms with Gasteiger partial charge in [-0.3, -0.25) is 0 Å². The summed E-state index contributed by atoms with van der Waals surface area (Å²) in [5.41, 5.74) is -0.408. The molecule has 0 fully saturated rings. The van der Waals surface area contributed by atoms with Gasteiger partial charge in [-0.15, -0.1) is 0 Å². The van der Waals surface area contributed by atoms with Crippen LogP contribution in [0.5, 0.6) is 0 Å². The Morgan fingerprint density at radius 3 is 2.15 bits per heavy atom. The largest absolute Gasteiger partial charge is 0.206 e. The standard InChI is InChI=1S/C8H5BrClF3/c1-3-5(10)8(13)7(12)4(2-9)6(3)11/h2H2,1H3. The molecule has 0 atom stereocenters. The van der Waals surface area contributed by atoms with Crippen molar-refractivity contribution in [2.24, 2.45) is 0 Å². The van der Waals surface area contributed by atoms with Crippen LogP contribution in [0.25, 0.3) is 0 Å². The van der Waals surface area contributed by atoms with E-state index in [9.17, 15) is 13.2 Å². The lowest BCUT2D eigenvalue weighted by Crippen LogP contribution is -2.01. The van der Waals surface area contributed by atoms with Crippen LogP contribution in [0.1, 0.15) is 11.1 Å². The van der Waals surface area contributed by atoms with Crippen LogP contribution in [0.15, 0.2) is 0 Å². The molecule has 0 heterocycles. The predicted octanol–water partition coefficient (Wildman–Crippen LogP) is 3.96. The molecule has 0 nitrogen and oxygen atoms in total. The average Bonchev–Trinajstić information content (AvgIpc) is 2.13. The van der Waals surface area contributed by atoms with Gasteiger partial charge >= 0.3 is 0 Å². The van der Waals surface area contributed by atoms with E-state index in [1.807, 2.05) is 0 Å². The first kappa shape index (κ1) is 10.9. The third kappa shape index (κ3) is 1.70. The second-order valence-electron chi connectivity index (χ2n) is 2.49. The average molecular weight is 273 g/mol. The summed E-state index contributed by atoms with van der Waals surface area (Å²) < 4.78 is 39.1. The Morgan fingerprint density at radius 1 is 1.15 bits per heavy atom. The summed E-state index contributed by atoms with van der Waals surface area (Å²) in [4.78, 5) is 0. The fourth-order valence-corrected chi connectivity index (χ4v) is 1.59. The van der Waals surface area contributed by atoms with Crippen molar-refractivity contribution in [3.63, 3.8) is 0 Å². The fraction of sp³-hybridized carbons (Fsp3) is 0.250. The summed E-state index contributed by atoms with van der Waals surface area (Å²) in [5, 5.41) is -0.584. The highest BCUT2D eigenvalue weighted by Gasteiger charge is 2.20. The minimum Gasteiger partial charge on any atom is -0.206 e. The number of benzene rings is 1. The van der Waals surface area contributed by atoms with E-state index < -0.39 is 22.5 Å². The van der Waals surface area contributed by atoms with Gasteiger partial charge in [-0.25, -0.2) is 13.2 Å². The Balaban J connectivity index is 3.56. The van der Waals surface area contributed by atoms with E-state index in [1.54, 1.807) is 0 Å². The van der Waals surface area contributed by atoms with Crippen LogP contribution in [-0.4, -0.2) is 0 Å². The highest BCUT2D eigenvalue weighted by atomic mass is 79.9. The van der Waals surface area contributed by atoms with Gasteiger partial charge in [-0.05, 0) is 6.92 Å². The Kier molecular flexibility index (Phi) is 3.24. The molecule has 0 saturated carbocycles. The number of hydrogen-bond acceptors (Lipinski definition) is 0. The van der Waals surface area contributed by atoms with Crippen molar-refractivity contribution in [2.75, 3.05) is 0 Å². The molecular weight excluding hydrogens is 268 g/mol. The van der Waals surface area contributed by atoms with Crippen LogP contribution in [0.3, 0.4) is 0 Å². The number of halogens is 5. The molecule has 0 N–H and O–H groups in total. The minimum atomic E-state index is -1.23. The maximum absolute atomic E-state index is 13.2. The van der Waals surface area contributed by atoms with Gasteiger partial charge in [0.15, 0.2) is 11.6 Å². The molecule has 0 aliphatic heterocycles. The van der Waals surface area contributed by atoms with E-state index in [-0.39, 0.29) is 16.5 Å². The predicted molar refractivity (Wildman–Crippen MR) is 48.7 cm³/mol. The molecule has 72 valence electrons. The maximum Gasteiger partial charge on any atom is 0.178 e. The first-order chi connectivity index (χ1) is 6.00. The summed E-state index contributed by atoms with van der Waals surface area (Å²) in [6.07, 6.45) is 0. The fourth-order valence-electron chi connectivity index (χ4n) is 0.930. The Morgan fingerprint density at radius 2 is 1.69 bits per heavy atom. The zero-order valence-electron chi connectivity index (χ0n) is 6.60. The lowest BCUT2D eigenvalue weighted by molar-refractivity contribution is 0.483. The van der Waals surface area contributed by atoms with Gasteiger partial charge in [0.2, 0.25) is 0 Å². The number of rotatable bonds is 1. The normalized spacial score (nSPS) is 10.6. The van der Waals surface area contributed by atoms with Gasteiger partial charge in [-0.2, -0.15) is 0 Å². The van der Waals surface area contributed by atoms with Crippen molar-refractivity contribution >= 4 is 27.5 Å². The molecular formula is C8H5BrClF3. The lowest BCUT2D eigenvalue weighted by atomic mass is 10.1. The zero-order chi connectivity index (χ0) is 10.2. The van der Waals surface area contributed by atoms with Crippen molar-refractivity contribution in [2.45, 2.75) is 12.3 Å². The van der Waals surface area contributed by atoms with E-state index in [1.165, 1.54) is 6.92 Å². The minimum absolute atomic E-state index is 0.0741. The molecule has 5 heteroatoms. The molecule has 0 bridgehead atoms. The van der Waals surface area contributed by atoms with Gasteiger partial charge in [0.1, 0.15) is 5.82 Å². The van der Waals surface area contributed by atoms with E-state index >= 15 is 0 Å². The van der Waals surface area contributed by atoms with Crippen LogP contribution in [0, 0.1) is 24.4 Å². The highest BCUT2D eigenvalue weighted by molar-refractivity contribution is 9.08. The third-order valence-electron chi connectivity index (χ3n) is 1.71. The highest BCUT2D eigenvalue weighted by Crippen LogP contribution is 2.29. The zero-order valence-corrected chi connectivity index (χ0v) is 8.94. The summed E-state index contributed by atoms with van der Waals surface area (Å²) >= 11 is 8.21. The molecule has 13 heavy (non-hydrogen) atoms. The quantitative estimate of drug-likeness (QED) is 0.413. The molecule has 1 aromatic rings. The van der Waals surface area contributed by atoms with E-state index in [4.69, 9.17) is 11.6 Å². The Hall–Kier alpha value is -0.220. The van der Waals surface area contributed by atoms with Crippen molar-refractivity contribution < 1.29 is 13.2 Å². The third-order valence-corrected chi connectivity index (χ3v) is 2.72. The number of alkyl halides is 1. The van der Waals surface area contributed by atoms with Crippen LogP contribution in [0.2, 0.25) is 5.02 Å². The van der Waals surface area contributed by atoms with Crippen LogP contribution < -0.4 is 0 Å². The van der Waals surface area contributed by atoms with E-state index in [2.05, 4.69) is 15.9 Å². The summed E-state index contributed by atoms with van der Waals surface area (Å²) in [6.45, 7) is 1.30. The second kappa shape index (κ2) is 3.88. The van der Waals surface area contributed by atoms with Gasteiger partial charge in [0.25, 0.3) is 0 Å². The molecule has 0 radical (unpaired) electrons. The topological polar surface area (TPSA) is 0 Å². The molecule has 0 aliphatic rings. The molecule has 0 spiro atoms. The Bertz CT molecular complexity index is 323. The van der Waals surface area contributed by atoms with Crippen LogP contribution in [0.4, 0.5) is 13.2 Å². The molecule has 0 amide bonds. The van der Waals surface area contributed by atoms with Crippen LogP contribution in [-0.2, 0) is 5.33 Å². The number of hydrogen-bond donors (Lipinski definition) is 0. The van der Waals surface area contributed by atoms with E-state index in [0.29, 0.717) is 0 Å². The van der Waals surface area contributed by atoms with Gasteiger partial charge in [0.05, 0.1) is 5.02 Å². The van der Waals surface area contributed by atoms with Crippen molar-refractivity contribution in [3.05, 3.63) is 33.6 Å². The summed E-state index contributed by atoms with van der Waals surface area (Å²) in [6, 6.07) is 0. The second-order valence-corrected chi connectivity index (χ2v) is 3.43.